The van der Waals surface area contributed by atoms with E-state index in [0.717, 1.165) is 6.07 Å². The van der Waals surface area contributed by atoms with E-state index in [1.807, 2.05) is 6.92 Å². The first kappa shape index (κ1) is 15.8. The minimum Gasteiger partial charge on any atom is -0.480 e. The molecule has 0 aliphatic rings. The molecule has 2 aromatic carbocycles. The van der Waals surface area contributed by atoms with Gasteiger partial charge in [0.15, 0.2) is 10.9 Å². The van der Waals surface area contributed by atoms with Crippen molar-refractivity contribution in [2.45, 2.75) is 26.7 Å². The molecule has 0 saturated carbocycles. The Morgan fingerprint density at radius 2 is 1.62 bits per heavy atom. The molecular formula is C17H14O7. The molecule has 0 bridgehead atoms. The number of esters is 1. The zero-order valence-electron chi connectivity index (χ0n) is 13.0. The van der Waals surface area contributed by atoms with Crippen molar-refractivity contribution in [1.29, 1.82) is 0 Å². The van der Waals surface area contributed by atoms with E-state index in [1.165, 1.54) is 6.07 Å². The molecule has 1 heterocycles. The second-order valence-electron chi connectivity index (χ2n) is 5.50. The van der Waals surface area contributed by atoms with Gasteiger partial charge in [0.1, 0.15) is 16.5 Å². The Kier molecular flexibility index (Phi) is 3.63. The molecule has 124 valence electrons. The third-order valence-electron chi connectivity index (χ3n) is 3.79. The third kappa shape index (κ3) is 2.25. The molecule has 0 fully saturated rings. The summed E-state index contributed by atoms with van der Waals surface area (Å²) in [7, 11) is 0. The molecule has 0 aliphatic carbocycles. The molecule has 2 N–H and O–H groups in total. The van der Waals surface area contributed by atoms with E-state index in [0.29, 0.717) is 17.4 Å². The summed E-state index contributed by atoms with van der Waals surface area (Å²) < 4.78 is 9.96. The largest absolute Gasteiger partial charge is 0.480 e. The molecule has 0 amide bonds. The zero-order chi connectivity index (χ0) is 17.6. The average molecular weight is 330 g/mol. The van der Waals surface area contributed by atoms with Crippen LogP contribution in [-0.4, -0.2) is 16.2 Å². The van der Waals surface area contributed by atoms with Crippen molar-refractivity contribution in [2.75, 3.05) is 0 Å². The SMILES string of the molecule is CCCC(=O)Oc1cc(=O)c2c(O)oc(O)c3c(=O)cc(C)c1c32. The lowest BCUT2D eigenvalue weighted by molar-refractivity contribution is -0.134. The number of aryl methyl sites for hydroxylation is 1. The topological polar surface area (TPSA) is 114 Å². The van der Waals surface area contributed by atoms with Crippen LogP contribution in [0.3, 0.4) is 0 Å². The van der Waals surface area contributed by atoms with Gasteiger partial charge in [0.05, 0.1) is 0 Å². The first-order chi connectivity index (χ1) is 11.3. The van der Waals surface area contributed by atoms with Crippen LogP contribution in [0.2, 0.25) is 0 Å². The Balaban J connectivity index is 2.50. The lowest BCUT2D eigenvalue weighted by Gasteiger charge is -2.13. The van der Waals surface area contributed by atoms with Crippen molar-refractivity contribution in [3.8, 4) is 17.6 Å². The van der Waals surface area contributed by atoms with Gasteiger partial charge in [0.2, 0.25) is 0 Å². The maximum atomic E-state index is 12.3. The second kappa shape index (κ2) is 5.52. The van der Waals surface area contributed by atoms with Crippen LogP contribution in [0.15, 0.2) is 26.1 Å². The highest BCUT2D eigenvalue weighted by Crippen LogP contribution is 2.39. The van der Waals surface area contributed by atoms with Gasteiger partial charge in [0.25, 0.3) is 11.9 Å². The van der Waals surface area contributed by atoms with E-state index in [1.54, 1.807) is 6.92 Å². The Labute approximate surface area is 135 Å². The summed E-state index contributed by atoms with van der Waals surface area (Å²) in [4.78, 5) is 36.3. The van der Waals surface area contributed by atoms with Gasteiger partial charge in [-0.3, -0.25) is 14.4 Å². The van der Waals surface area contributed by atoms with Crippen molar-refractivity contribution in [3.63, 3.8) is 0 Å². The molecule has 0 spiro atoms. The summed E-state index contributed by atoms with van der Waals surface area (Å²) in [6.45, 7) is 3.42. The summed E-state index contributed by atoms with van der Waals surface area (Å²) in [6.07, 6.45) is 0.742. The van der Waals surface area contributed by atoms with Gasteiger partial charge in [-0.05, 0) is 25.0 Å². The highest BCUT2D eigenvalue weighted by molar-refractivity contribution is 6.15. The molecule has 3 rings (SSSR count). The van der Waals surface area contributed by atoms with Crippen LogP contribution >= 0.6 is 0 Å². The van der Waals surface area contributed by atoms with Crippen molar-refractivity contribution in [2.24, 2.45) is 0 Å². The van der Waals surface area contributed by atoms with Crippen LogP contribution in [0.4, 0.5) is 0 Å². The molecule has 0 aliphatic heterocycles. The highest BCUT2D eigenvalue weighted by atomic mass is 16.5. The van der Waals surface area contributed by atoms with Crippen LogP contribution < -0.4 is 15.6 Å². The monoisotopic (exact) mass is 330 g/mol. The van der Waals surface area contributed by atoms with Gasteiger partial charge in [-0.25, -0.2) is 0 Å². The minimum atomic E-state index is -0.800. The van der Waals surface area contributed by atoms with Gasteiger partial charge in [-0.2, -0.15) is 0 Å². The number of rotatable bonds is 3. The van der Waals surface area contributed by atoms with E-state index in [4.69, 9.17) is 9.15 Å². The van der Waals surface area contributed by atoms with Gasteiger partial charge in [0, 0.05) is 23.3 Å². The third-order valence-corrected chi connectivity index (χ3v) is 3.79. The molecule has 0 atom stereocenters. The molecule has 7 heteroatoms. The van der Waals surface area contributed by atoms with Crippen LogP contribution in [0, 0.1) is 6.92 Å². The van der Waals surface area contributed by atoms with E-state index >= 15 is 0 Å². The van der Waals surface area contributed by atoms with Crippen LogP contribution in [0.5, 0.6) is 17.6 Å². The van der Waals surface area contributed by atoms with Gasteiger partial charge in [-0.1, -0.05) is 6.92 Å². The molecule has 0 saturated heterocycles. The lowest BCUT2D eigenvalue weighted by atomic mass is 9.97. The smallest absolute Gasteiger partial charge is 0.311 e. The minimum absolute atomic E-state index is 0.0153. The predicted octanol–water partition coefficient (Wildman–Crippen LogP) is 2.17. The Bertz CT molecular complexity index is 1060. The molecular weight excluding hydrogens is 316 g/mol. The molecule has 24 heavy (non-hydrogen) atoms. The number of benzene rings is 2. The van der Waals surface area contributed by atoms with Crippen LogP contribution in [0.1, 0.15) is 25.3 Å². The second-order valence-corrected chi connectivity index (χ2v) is 5.50. The number of ether oxygens (including phenoxy) is 1. The summed E-state index contributed by atoms with van der Waals surface area (Å²) in [5, 5.41) is 19.6. The quantitative estimate of drug-likeness (QED) is 0.558. The number of hydrogen-bond acceptors (Lipinski definition) is 7. The fourth-order valence-corrected chi connectivity index (χ4v) is 2.82. The first-order valence-electron chi connectivity index (χ1n) is 7.34. The van der Waals surface area contributed by atoms with E-state index in [2.05, 4.69) is 0 Å². The summed E-state index contributed by atoms with van der Waals surface area (Å²) in [5.41, 5.74) is -0.803. The van der Waals surface area contributed by atoms with Crippen LogP contribution in [-0.2, 0) is 4.79 Å². The van der Waals surface area contributed by atoms with E-state index < -0.39 is 28.7 Å². The van der Waals surface area contributed by atoms with E-state index in [-0.39, 0.29) is 28.3 Å². The van der Waals surface area contributed by atoms with Gasteiger partial charge in [-0.15, -0.1) is 0 Å². The number of aromatic hydroxyl groups is 2. The normalized spacial score (nSPS) is 11.2. The lowest BCUT2D eigenvalue weighted by Crippen LogP contribution is -2.13. The van der Waals surface area contributed by atoms with Crippen LogP contribution in [0.25, 0.3) is 21.5 Å². The standard InChI is InChI=1S/C17H14O7/c1-3-4-11(20)23-10-6-9(19)14-15-12(10)7(2)5-8(18)13(15)16(21)24-17(14)22/h5-6,21-22H,3-4H2,1-2H3. The zero-order valence-corrected chi connectivity index (χ0v) is 13.0. The van der Waals surface area contributed by atoms with E-state index in [9.17, 15) is 24.6 Å². The first-order valence-corrected chi connectivity index (χ1v) is 7.34. The molecule has 7 nitrogen and oxygen atoms in total. The Morgan fingerprint density at radius 3 is 2.21 bits per heavy atom. The molecule has 0 radical (unpaired) electrons. The number of hydrogen-bond donors (Lipinski definition) is 2. The maximum absolute atomic E-state index is 12.3. The Hall–Kier alpha value is -3.09. The van der Waals surface area contributed by atoms with Crippen molar-refractivity contribution >= 4 is 27.5 Å². The predicted molar refractivity (Wildman–Crippen MR) is 86.1 cm³/mol. The maximum Gasteiger partial charge on any atom is 0.311 e. The number of carbonyl (C=O) groups excluding carboxylic acids is 1. The highest BCUT2D eigenvalue weighted by Gasteiger charge is 2.23. The average Bonchev–Trinajstić information content (AvgIpc) is 2.45. The summed E-state index contributed by atoms with van der Waals surface area (Å²) >= 11 is 0. The molecule has 3 aromatic rings. The molecule has 0 unspecified atom stereocenters. The molecule has 1 aromatic heterocycles. The van der Waals surface area contributed by atoms with Gasteiger partial charge < -0.3 is 19.4 Å². The van der Waals surface area contributed by atoms with Gasteiger partial charge >= 0.3 is 5.97 Å². The van der Waals surface area contributed by atoms with Crippen molar-refractivity contribution in [3.05, 3.63) is 38.1 Å². The summed E-state index contributed by atoms with van der Waals surface area (Å²) in [5.74, 6) is -2.14. The fraction of sp³-hybridized carbons (Fsp3) is 0.235. The number of carbonyl (C=O) groups is 1. The Morgan fingerprint density at radius 1 is 1.04 bits per heavy atom. The fourth-order valence-electron chi connectivity index (χ4n) is 2.82. The van der Waals surface area contributed by atoms with Crippen molar-refractivity contribution in [1.82, 2.24) is 0 Å². The summed E-state index contributed by atoms with van der Waals surface area (Å²) in [6, 6.07) is 2.31. The van der Waals surface area contributed by atoms with Crippen molar-refractivity contribution < 1.29 is 24.2 Å².